The van der Waals surface area contributed by atoms with Crippen molar-refractivity contribution in [2.75, 3.05) is 23.8 Å². The molecule has 0 aliphatic carbocycles. The molecule has 1 N–H and O–H groups in total. The van der Waals surface area contributed by atoms with Gasteiger partial charge in [0.25, 0.3) is 0 Å². The Balaban J connectivity index is 1.96. The third kappa shape index (κ3) is 3.61. The van der Waals surface area contributed by atoms with Crippen LogP contribution in [0.2, 0.25) is 0 Å². The molecule has 0 aliphatic rings. The highest BCUT2D eigenvalue weighted by molar-refractivity contribution is 9.10. The first-order valence-electron chi connectivity index (χ1n) is 6.39. The van der Waals surface area contributed by atoms with Crippen LogP contribution in [-0.2, 0) is 4.79 Å². The molecule has 20 heavy (non-hydrogen) atoms. The highest BCUT2D eigenvalue weighted by atomic mass is 79.9. The first-order valence-corrected chi connectivity index (χ1v) is 7.19. The number of nitrogens with zero attached hydrogens (tertiary/aromatic N) is 1. The van der Waals surface area contributed by atoms with Crippen LogP contribution >= 0.6 is 15.9 Å². The summed E-state index contributed by atoms with van der Waals surface area (Å²) in [6.07, 6.45) is 0. The number of carbonyl (C=O) groups is 1. The minimum Gasteiger partial charge on any atom is -0.376 e. The summed E-state index contributed by atoms with van der Waals surface area (Å²) < 4.78 is 1.07. The van der Waals surface area contributed by atoms with Crippen molar-refractivity contribution in [1.82, 2.24) is 0 Å². The first-order chi connectivity index (χ1) is 9.58. The predicted octanol–water partition coefficient (Wildman–Crippen LogP) is 3.83. The quantitative estimate of drug-likeness (QED) is 0.922. The Morgan fingerprint density at radius 3 is 2.55 bits per heavy atom. The molecule has 0 bridgehead atoms. The molecule has 4 heteroatoms. The fourth-order valence-electron chi connectivity index (χ4n) is 1.85. The molecule has 0 spiro atoms. The smallest absolute Gasteiger partial charge is 0.246 e. The number of para-hydroxylation sites is 1. The molecule has 1 amide bonds. The summed E-state index contributed by atoms with van der Waals surface area (Å²) in [4.78, 5) is 13.8. The molecule has 0 aliphatic heterocycles. The summed E-state index contributed by atoms with van der Waals surface area (Å²) in [6.45, 7) is 2.29. The fraction of sp³-hybridized carbons (Fsp3) is 0.188. The van der Waals surface area contributed by atoms with E-state index in [1.165, 1.54) is 0 Å². The average Bonchev–Trinajstić information content (AvgIpc) is 2.48. The topological polar surface area (TPSA) is 32.3 Å². The van der Waals surface area contributed by atoms with E-state index in [1.807, 2.05) is 55.5 Å². The fourth-order valence-corrected chi connectivity index (χ4v) is 2.09. The molecule has 0 aromatic heterocycles. The Morgan fingerprint density at radius 1 is 1.20 bits per heavy atom. The molecule has 0 saturated heterocycles. The Bertz CT molecular complexity index is 599. The van der Waals surface area contributed by atoms with E-state index in [2.05, 4.69) is 21.2 Å². The third-order valence-electron chi connectivity index (χ3n) is 3.12. The first kappa shape index (κ1) is 14.6. The zero-order valence-corrected chi connectivity index (χ0v) is 13.1. The highest BCUT2D eigenvalue weighted by Gasteiger charge is 2.10. The van der Waals surface area contributed by atoms with E-state index in [0.717, 1.165) is 21.4 Å². The van der Waals surface area contributed by atoms with E-state index in [-0.39, 0.29) is 12.5 Å². The van der Waals surface area contributed by atoms with Gasteiger partial charge in [-0.3, -0.25) is 4.79 Å². The van der Waals surface area contributed by atoms with Crippen LogP contribution in [0.5, 0.6) is 0 Å². The number of rotatable bonds is 4. The zero-order chi connectivity index (χ0) is 14.5. The van der Waals surface area contributed by atoms with E-state index in [0.29, 0.717) is 0 Å². The van der Waals surface area contributed by atoms with Crippen LogP contribution < -0.4 is 10.2 Å². The maximum absolute atomic E-state index is 12.1. The SMILES string of the molecule is Cc1cc(NCC(=O)N(C)c2ccccc2)ccc1Br. The number of likely N-dealkylation sites (N-methyl/N-ethyl adjacent to an activating group) is 1. The Kier molecular flexibility index (Phi) is 4.79. The van der Waals surface area contributed by atoms with Crippen LogP contribution in [0.4, 0.5) is 11.4 Å². The van der Waals surface area contributed by atoms with Gasteiger partial charge in [-0.15, -0.1) is 0 Å². The summed E-state index contributed by atoms with van der Waals surface area (Å²) in [6, 6.07) is 15.6. The minimum atomic E-state index is 0.0248. The van der Waals surface area contributed by atoms with Crippen molar-refractivity contribution in [3.05, 3.63) is 58.6 Å². The molecule has 0 atom stereocenters. The molecule has 104 valence electrons. The second kappa shape index (κ2) is 6.57. The number of halogens is 1. The van der Waals surface area contributed by atoms with E-state index in [9.17, 15) is 4.79 Å². The Hall–Kier alpha value is -1.81. The molecule has 2 rings (SSSR count). The van der Waals surface area contributed by atoms with E-state index in [4.69, 9.17) is 0 Å². The molecule has 0 radical (unpaired) electrons. The van der Waals surface area contributed by atoms with Gasteiger partial charge in [0.2, 0.25) is 5.91 Å². The van der Waals surface area contributed by atoms with E-state index in [1.54, 1.807) is 11.9 Å². The second-order valence-electron chi connectivity index (χ2n) is 4.61. The van der Waals surface area contributed by atoms with Gasteiger partial charge in [0, 0.05) is 22.9 Å². The van der Waals surface area contributed by atoms with Crippen LogP contribution in [0.25, 0.3) is 0 Å². The number of hydrogen-bond donors (Lipinski definition) is 1. The lowest BCUT2D eigenvalue weighted by atomic mass is 10.2. The summed E-state index contributed by atoms with van der Waals surface area (Å²) in [5.41, 5.74) is 2.98. The number of nitrogens with one attached hydrogen (secondary N) is 1. The molecule has 2 aromatic carbocycles. The van der Waals surface area contributed by atoms with E-state index < -0.39 is 0 Å². The lowest BCUT2D eigenvalue weighted by Crippen LogP contribution is -2.32. The Morgan fingerprint density at radius 2 is 1.90 bits per heavy atom. The number of carbonyl (C=O) groups excluding carboxylic acids is 1. The summed E-state index contributed by atoms with van der Waals surface area (Å²) in [5, 5.41) is 3.15. The van der Waals surface area contributed by atoms with Gasteiger partial charge >= 0.3 is 0 Å². The van der Waals surface area contributed by atoms with Crippen LogP contribution in [0.3, 0.4) is 0 Å². The van der Waals surface area contributed by atoms with Gasteiger partial charge < -0.3 is 10.2 Å². The number of benzene rings is 2. The lowest BCUT2D eigenvalue weighted by molar-refractivity contribution is -0.116. The van der Waals surface area contributed by atoms with Crippen molar-refractivity contribution in [3.63, 3.8) is 0 Å². The van der Waals surface area contributed by atoms with Gasteiger partial charge in [0.15, 0.2) is 0 Å². The molecule has 0 fully saturated rings. The van der Waals surface area contributed by atoms with E-state index >= 15 is 0 Å². The molecule has 0 saturated carbocycles. The van der Waals surface area contributed by atoms with Gasteiger partial charge in [-0.1, -0.05) is 34.1 Å². The van der Waals surface area contributed by atoms with Gasteiger partial charge in [0.05, 0.1) is 6.54 Å². The van der Waals surface area contributed by atoms with Crippen molar-refractivity contribution in [2.45, 2.75) is 6.92 Å². The zero-order valence-electron chi connectivity index (χ0n) is 11.6. The highest BCUT2D eigenvalue weighted by Crippen LogP contribution is 2.20. The molecular weight excluding hydrogens is 316 g/mol. The van der Waals surface area contributed by atoms with Gasteiger partial charge in [-0.05, 0) is 42.8 Å². The van der Waals surface area contributed by atoms with Crippen molar-refractivity contribution < 1.29 is 4.79 Å². The molecule has 2 aromatic rings. The summed E-state index contributed by atoms with van der Waals surface area (Å²) in [7, 11) is 1.78. The number of anilines is 2. The van der Waals surface area contributed by atoms with Crippen LogP contribution in [0.15, 0.2) is 53.0 Å². The molecule has 3 nitrogen and oxygen atoms in total. The summed E-state index contributed by atoms with van der Waals surface area (Å²) in [5.74, 6) is 0.0248. The number of aryl methyl sites for hydroxylation is 1. The van der Waals surface area contributed by atoms with Crippen molar-refractivity contribution in [3.8, 4) is 0 Å². The minimum absolute atomic E-state index is 0.0248. The van der Waals surface area contributed by atoms with Crippen molar-refractivity contribution >= 4 is 33.2 Å². The standard InChI is InChI=1S/C16H17BrN2O/c1-12-10-13(8-9-15(12)17)18-11-16(20)19(2)14-6-4-3-5-7-14/h3-10,18H,11H2,1-2H3. The van der Waals surface area contributed by atoms with Gasteiger partial charge in [-0.2, -0.15) is 0 Å². The monoisotopic (exact) mass is 332 g/mol. The van der Waals surface area contributed by atoms with Crippen molar-refractivity contribution in [2.24, 2.45) is 0 Å². The lowest BCUT2D eigenvalue weighted by Gasteiger charge is -2.18. The molecular formula is C16H17BrN2O. The molecule has 0 unspecified atom stereocenters. The Labute approximate surface area is 127 Å². The predicted molar refractivity (Wildman–Crippen MR) is 87.2 cm³/mol. The molecule has 0 heterocycles. The van der Waals surface area contributed by atoms with Crippen molar-refractivity contribution in [1.29, 1.82) is 0 Å². The third-order valence-corrected chi connectivity index (χ3v) is 4.01. The second-order valence-corrected chi connectivity index (χ2v) is 5.46. The van der Waals surface area contributed by atoms with Crippen LogP contribution in [0.1, 0.15) is 5.56 Å². The normalized spacial score (nSPS) is 10.2. The van der Waals surface area contributed by atoms with Crippen LogP contribution in [-0.4, -0.2) is 19.5 Å². The number of amides is 1. The maximum atomic E-state index is 12.1. The van der Waals surface area contributed by atoms with Gasteiger partial charge in [-0.25, -0.2) is 0 Å². The maximum Gasteiger partial charge on any atom is 0.246 e. The number of hydrogen-bond acceptors (Lipinski definition) is 2. The van der Waals surface area contributed by atoms with Crippen LogP contribution in [0, 0.1) is 6.92 Å². The average molecular weight is 333 g/mol. The van der Waals surface area contributed by atoms with Gasteiger partial charge in [0.1, 0.15) is 0 Å². The largest absolute Gasteiger partial charge is 0.376 e. The summed E-state index contributed by atoms with van der Waals surface area (Å²) >= 11 is 3.46.